The van der Waals surface area contributed by atoms with E-state index in [1.54, 1.807) is 0 Å². The predicted octanol–water partition coefficient (Wildman–Crippen LogP) is 4.25. The molecule has 2 aromatic carbocycles. The number of hydrogen-bond donors (Lipinski definition) is 1. The molecule has 0 radical (unpaired) electrons. The van der Waals surface area contributed by atoms with Crippen LogP contribution in [0.1, 0.15) is 48.9 Å². The molecule has 2 heterocycles. The highest BCUT2D eigenvalue weighted by molar-refractivity contribution is 5.23. The van der Waals surface area contributed by atoms with Gasteiger partial charge in [0.2, 0.25) is 0 Å². The zero-order valence-electron chi connectivity index (χ0n) is 16.4. The molecule has 0 aromatic heterocycles. The molecule has 2 aromatic rings. The standard InChI is InChI=1S/C24H33N3/c1-3-11-21(12-4-1)23(19-26-15-7-8-16-26)25-24(20-27-17-9-10-18-27)22-13-5-2-6-14-22/h1-6,11-14,23-25H,7-10,15-20H2/t23-,24-/m0/s1. The number of nitrogens with zero attached hydrogens (tertiary/aromatic N) is 2. The summed E-state index contributed by atoms with van der Waals surface area (Å²) in [7, 11) is 0. The summed E-state index contributed by atoms with van der Waals surface area (Å²) in [4.78, 5) is 5.26. The zero-order chi connectivity index (χ0) is 18.3. The third kappa shape index (κ3) is 5.19. The third-order valence-corrected chi connectivity index (χ3v) is 6.09. The van der Waals surface area contributed by atoms with E-state index in [2.05, 4.69) is 75.8 Å². The first-order chi connectivity index (χ1) is 13.4. The van der Waals surface area contributed by atoms with Crippen LogP contribution in [0.25, 0.3) is 0 Å². The first kappa shape index (κ1) is 18.7. The number of benzene rings is 2. The van der Waals surface area contributed by atoms with Gasteiger partial charge >= 0.3 is 0 Å². The van der Waals surface area contributed by atoms with Crippen LogP contribution in [0, 0.1) is 0 Å². The van der Waals surface area contributed by atoms with Gasteiger partial charge in [-0.1, -0.05) is 60.7 Å². The largest absolute Gasteiger partial charge is 0.301 e. The molecule has 3 heteroatoms. The molecular formula is C24H33N3. The summed E-state index contributed by atoms with van der Waals surface area (Å²) in [5, 5.41) is 4.06. The third-order valence-electron chi connectivity index (χ3n) is 6.09. The normalized spacial score (nSPS) is 20.7. The molecule has 2 atom stereocenters. The van der Waals surface area contributed by atoms with Gasteiger partial charge in [-0.25, -0.2) is 0 Å². The molecule has 1 N–H and O–H groups in total. The molecule has 0 aliphatic carbocycles. The van der Waals surface area contributed by atoms with E-state index in [9.17, 15) is 0 Å². The number of rotatable bonds is 8. The van der Waals surface area contributed by atoms with Crippen molar-refractivity contribution in [2.75, 3.05) is 39.3 Å². The van der Waals surface area contributed by atoms with Crippen LogP contribution in [-0.2, 0) is 0 Å². The number of hydrogen-bond acceptors (Lipinski definition) is 3. The quantitative estimate of drug-likeness (QED) is 0.756. The van der Waals surface area contributed by atoms with Crippen molar-refractivity contribution in [2.45, 2.75) is 37.8 Å². The van der Waals surface area contributed by atoms with Crippen LogP contribution in [0.5, 0.6) is 0 Å². The molecular weight excluding hydrogens is 330 g/mol. The van der Waals surface area contributed by atoms with Crippen molar-refractivity contribution in [3.8, 4) is 0 Å². The Hall–Kier alpha value is -1.68. The summed E-state index contributed by atoms with van der Waals surface area (Å²) in [5.41, 5.74) is 2.82. The van der Waals surface area contributed by atoms with Crippen LogP contribution in [0.4, 0.5) is 0 Å². The number of likely N-dealkylation sites (tertiary alicyclic amines) is 2. The lowest BCUT2D eigenvalue weighted by molar-refractivity contribution is 0.244. The highest BCUT2D eigenvalue weighted by Crippen LogP contribution is 2.24. The van der Waals surface area contributed by atoms with Gasteiger partial charge in [0.1, 0.15) is 0 Å². The highest BCUT2D eigenvalue weighted by atomic mass is 15.2. The van der Waals surface area contributed by atoms with E-state index in [4.69, 9.17) is 0 Å². The molecule has 144 valence electrons. The maximum absolute atomic E-state index is 4.06. The van der Waals surface area contributed by atoms with E-state index in [1.807, 2.05) is 0 Å². The van der Waals surface area contributed by atoms with Crippen LogP contribution >= 0.6 is 0 Å². The lowest BCUT2D eigenvalue weighted by Gasteiger charge is -2.32. The molecule has 2 aliphatic heterocycles. The Labute approximate surface area is 164 Å². The minimum Gasteiger partial charge on any atom is -0.301 e. The smallest absolute Gasteiger partial charge is 0.0454 e. The van der Waals surface area contributed by atoms with E-state index in [-0.39, 0.29) is 0 Å². The van der Waals surface area contributed by atoms with Gasteiger partial charge in [0.15, 0.2) is 0 Å². The minimum absolute atomic E-state index is 0.372. The van der Waals surface area contributed by atoms with Crippen LogP contribution < -0.4 is 5.32 Å². The van der Waals surface area contributed by atoms with Crippen LogP contribution in [0.15, 0.2) is 60.7 Å². The van der Waals surface area contributed by atoms with Crippen molar-refractivity contribution in [3.63, 3.8) is 0 Å². The van der Waals surface area contributed by atoms with E-state index in [0.29, 0.717) is 12.1 Å². The molecule has 0 unspecified atom stereocenters. The van der Waals surface area contributed by atoms with Crippen LogP contribution in [0.3, 0.4) is 0 Å². The highest BCUT2D eigenvalue weighted by Gasteiger charge is 2.25. The molecule has 0 spiro atoms. The maximum atomic E-state index is 4.06. The average Bonchev–Trinajstić information content (AvgIpc) is 3.42. The summed E-state index contributed by atoms with van der Waals surface area (Å²) in [5.74, 6) is 0. The molecule has 2 saturated heterocycles. The van der Waals surface area contributed by atoms with Crippen molar-refractivity contribution >= 4 is 0 Å². The first-order valence-corrected chi connectivity index (χ1v) is 10.7. The molecule has 0 amide bonds. The fourth-order valence-corrected chi connectivity index (χ4v) is 4.57. The van der Waals surface area contributed by atoms with Gasteiger partial charge in [-0.15, -0.1) is 0 Å². The Morgan fingerprint density at radius 2 is 0.963 bits per heavy atom. The second kappa shape index (κ2) is 9.50. The molecule has 27 heavy (non-hydrogen) atoms. The molecule has 2 fully saturated rings. The fourth-order valence-electron chi connectivity index (χ4n) is 4.57. The van der Waals surface area contributed by atoms with E-state index >= 15 is 0 Å². The summed E-state index contributed by atoms with van der Waals surface area (Å²) in [6.45, 7) is 7.18. The first-order valence-electron chi connectivity index (χ1n) is 10.7. The van der Waals surface area contributed by atoms with Crippen molar-refractivity contribution in [2.24, 2.45) is 0 Å². The maximum Gasteiger partial charge on any atom is 0.0454 e. The van der Waals surface area contributed by atoms with E-state index in [0.717, 1.165) is 13.1 Å². The second-order valence-electron chi connectivity index (χ2n) is 8.11. The predicted molar refractivity (Wildman–Crippen MR) is 113 cm³/mol. The molecule has 3 nitrogen and oxygen atoms in total. The topological polar surface area (TPSA) is 18.5 Å². The van der Waals surface area contributed by atoms with Gasteiger partial charge in [0.05, 0.1) is 0 Å². The Morgan fingerprint density at radius 1 is 0.593 bits per heavy atom. The minimum atomic E-state index is 0.372. The van der Waals surface area contributed by atoms with Gasteiger partial charge in [0, 0.05) is 25.2 Å². The Bertz CT molecular complexity index is 601. The zero-order valence-corrected chi connectivity index (χ0v) is 16.4. The SMILES string of the molecule is c1ccc([C@H](CN2CCCC2)N[C@@H](CN2CCCC2)c2ccccc2)cc1. The molecule has 0 bridgehead atoms. The lowest BCUT2D eigenvalue weighted by atomic mass is 10.0. The Kier molecular flexibility index (Phi) is 6.57. The molecule has 2 aliphatic rings. The van der Waals surface area contributed by atoms with Gasteiger partial charge in [-0.3, -0.25) is 0 Å². The van der Waals surface area contributed by atoms with Crippen molar-refractivity contribution in [1.29, 1.82) is 0 Å². The average molecular weight is 364 g/mol. The van der Waals surface area contributed by atoms with Gasteiger partial charge in [-0.05, 0) is 63.0 Å². The lowest BCUT2D eigenvalue weighted by Crippen LogP contribution is -2.40. The summed E-state index contributed by atoms with van der Waals surface area (Å²) < 4.78 is 0. The molecule has 0 saturated carbocycles. The second-order valence-corrected chi connectivity index (χ2v) is 8.11. The van der Waals surface area contributed by atoms with Crippen molar-refractivity contribution in [3.05, 3.63) is 71.8 Å². The summed E-state index contributed by atoms with van der Waals surface area (Å²) in [6, 6.07) is 22.8. The van der Waals surface area contributed by atoms with Gasteiger partial charge in [0.25, 0.3) is 0 Å². The van der Waals surface area contributed by atoms with E-state index < -0.39 is 0 Å². The van der Waals surface area contributed by atoms with Gasteiger partial charge in [-0.2, -0.15) is 0 Å². The summed E-state index contributed by atoms with van der Waals surface area (Å²) in [6.07, 6.45) is 5.38. The van der Waals surface area contributed by atoms with Crippen molar-refractivity contribution < 1.29 is 0 Å². The summed E-state index contributed by atoms with van der Waals surface area (Å²) >= 11 is 0. The monoisotopic (exact) mass is 363 g/mol. The van der Waals surface area contributed by atoms with Crippen molar-refractivity contribution in [1.82, 2.24) is 15.1 Å². The Balaban J connectivity index is 1.54. The Morgan fingerprint density at radius 3 is 1.33 bits per heavy atom. The number of nitrogens with one attached hydrogen (secondary N) is 1. The van der Waals surface area contributed by atoms with E-state index in [1.165, 1.54) is 63.0 Å². The fraction of sp³-hybridized carbons (Fsp3) is 0.500. The van der Waals surface area contributed by atoms with Gasteiger partial charge < -0.3 is 15.1 Å². The van der Waals surface area contributed by atoms with Crippen LogP contribution in [-0.4, -0.2) is 49.1 Å². The molecule has 4 rings (SSSR count). The van der Waals surface area contributed by atoms with Crippen LogP contribution in [0.2, 0.25) is 0 Å².